The zero-order chi connectivity index (χ0) is 14.1. The van der Waals surface area contributed by atoms with Crippen LogP contribution in [0.2, 0.25) is 0 Å². The third kappa shape index (κ3) is 2.28. The molecular formula is C13H26O5Si. The maximum atomic E-state index is 5.92. The van der Waals surface area contributed by atoms with E-state index in [2.05, 4.69) is 6.92 Å². The monoisotopic (exact) mass is 290 g/mol. The van der Waals surface area contributed by atoms with Gasteiger partial charge < -0.3 is 23.4 Å². The van der Waals surface area contributed by atoms with Gasteiger partial charge in [0.2, 0.25) is 0 Å². The van der Waals surface area contributed by atoms with Crippen LogP contribution in [0.4, 0.5) is 0 Å². The molecule has 0 spiro atoms. The third-order valence-electron chi connectivity index (χ3n) is 4.88. The number of rotatable bonds is 7. The lowest BCUT2D eigenvalue weighted by atomic mass is 9.73. The Morgan fingerprint density at radius 1 is 1.11 bits per heavy atom. The molecule has 2 rings (SSSR count). The summed E-state index contributed by atoms with van der Waals surface area (Å²) < 4.78 is 28.5. The van der Waals surface area contributed by atoms with Gasteiger partial charge in [0.25, 0.3) is 0 Å². The van der Waals surface area contributed by atoms with E-state index in [0.717, 1.165) is 25.7 Å². The quantitative estimate of drug-likeness (QED) is 0.390. The van der Waals surface area contributed by atoms with Gasteiger partial charge in [-0.15, -0.1) is 0 Å². The van der Waals surface area contributed by atoms with Gasteiger partial charge in [0.1, 0.15) is 0 Å². The summed E-state index contributed by atoms with van der Waals surface area (Å²) in [4.78, 5) is 0. The molecule has 1 heterocycles. The van der Waals surface area contributed by atoms with Crippen molar-refractivity contribution in [3.05, 3.63) is 0 Å². The molecule has 0 amide bonds. The second-order valence-electron chi connectivity index (χ2n) is 5.34. The molecule has 6 heteroatoms. The predicted octanol–water partition coefficient (Wildman–Crippen LogP) is 0.593. The Labute approximate surface area is 118 Å². The Hall–Kier alpha value is 0.0169. The molecule has 0 aromatic carbocycles. The average molecular weight is 290 g/mol. The van der Waals surface area contributed by atoms with Crippen molar-refractivity contribution in [1.29, 1.82) is 0 Å². The molecule has 19 heavy (non-hydrogen) atoms. The highest BCUT2D eigenvalue weighted by atomic mass is 28.2. The smallest absolute Gasteiger partial charge is 0.303 e. The molecule has 4 unspecified atom stereocenters. The standard InChI is InChI=1S/C13H26O5Si/c1-5-12(14-2,13(15-3,16-4)18-19)9-6-7-10-11(8-9)17-10/h9-11H,5-8H2,1-4,19H3. The molecule has 2 aliphatic rings. The van der Waals surface area contributed by atoms with Crippen molar-refractivity contribution in [2.45, 2.75) is 56.4 Å². The number of fused-ring (bicyclic) bond motifs is 1. The minimum Gasteiger partial charge on any atom is -0.378 e. The van der Waals surface area contributed by atoms with E-state index in [9.17, 15) is 0 Å². The number of epoxide rings is 1. The Bertz CT molecular complexity index is 295. The van der Waals surface area contributed by atoms with Gasteiger partial charge in [-0.25, -0.2) is 0 Å². The topological polar surface area (TPSA) is 49.5 Å². The summed E-state index contributed by atoms with van der Waals surface area (Å²) >= 11 is 0. The van der Waals surface area contributed by atoms with E-state index in [0.29, 0.717) is 28.6 Å². The summed E-state index contributed by atoms with van der Waals surface area (Å²) in [6.45, 7) is 2.09. The molecule has 4 atom stereocenters. The Kier molecular flexibility index (Phi) is 4.70. The first-order chi connectivity index (χ1) is 9.12. The highest BCUT2D eigenvalue weighted by Gasteiger charge is 2.61. The Morgan fingerprint density at radius 2 is 1.79 bits per heavy atom. The molecule has 1 aliphatic heterocycles. The second-order valence-corrected chi connectivity index (χ2v) is 5.75. The fourth-order valence-electron chi connectivity index (χ4n) is 3.79. The first-order valence-corrected chi connectivity index (χ1v) is 7.80. The van der Waals surface area contributed by atoms with Crippen molar-refractivity contribution in [3.63, 3.8) is 0 Å². The van der Waals surface area contributed by atoms with Gasteiger partial charge >= 0.3 is 5.97 Å². The van der Waals surface area contributed by atoms with E-state index in [1.165, 1.54) is 0 Å². The molecule has 1 saturated carbocycles. The largest absolute Gasteiger partial charge is 0.378 e. The molecule has 2 fully saturated rings. The zero-order valence-corrected chi connectivity index (χ0v) is 14.6. The molecule has 0 aromatic rings. The van der Waals surface area contributed by atoms with Crippen molar-refractivity contribution < 1.29 is 23.4 Å². The van der Waals surface area contributed by atoms with E-state index >= 15 is 0 Å². The van der Waals surface area contributed by atoms with Crippen molar-refractivity contribution in [2.75, 3.05) is 21.3 Å². The van der Waals surface area contributed by atoms with Gasteiger partial charge in [0.15, 0.2) is 16.1 Å². The minimum absolute atomic E-state index is 0.320. The highest BCUT2D eigenvalue weighted by molar-refractivity contribution is 5.98. The van der Waals surface area contributed by atoms with Crippen molar-refractivity contribution >= 4 is 10.5 Å². The summed E-state index contributed by atoms with van der Waals surface area (Å²) in [6.07, 6.45) is 4.77. The summed E-state index contributed by atoms with van der Waals surface area (Å²) in [7, 11) is 5.47. The van der Waals surface area contributed by atoms with Gasteiger partial charge in [-0.1, -0.05) is 6.92 Å². The van der Waals surface area contributed by atoms with Gasteiger partial charge in [0.05, 0.1) is 12.2 Å². The molecule has 1 aliphatic carbocycles. The maximum Gasteiger partial charge on any atom is 0.303 e. The molecule has 5 nitrogen and oxygen atoms in total. The number of methoxy groups -OCH3 is 3. The summed E-state index contributed by atoms with van der Waals surface area (Å²) in [5.41, 5.74) is -0.588. The van der Waals surface area contributed by atoms with Crippen LogP contribution in [0.3, 0.4) is 0 Å². The van der Waals surface area contributed by atoms with Crippen molar-refractivity contribution in [2.24, 2.45) is 5.92 Å². The number of hydrogen-bond acceptors (Lipinski definition) is 5. The fraction of sp³-hybridized carbons (Fsp3) is 1.00. The lowest BCUT2D eigenvalue weighted by molar-refractivity contribution is -0.412. The van der Waals surface area contributed by atoms with Gasteiger partial charge in [-0.3, -0.25) is 0 Å². The molecule has 0 N–H and O–H groups in total. The normalized spacial score (nSPS) is 33.8. The van der Waals surface area contributed by atoms with Crippen LogP contribution in [-0.4, -0.2) is 55.6 Å². The predicted molar refractivity (Wildman–Crippen MR) is 73.8 cm³/mol. The first kappa shape index (κ1) is 15.4. The Balaban J connectivity index is 2.28. The van der Waals surface area contributed by atoms with Crippen LogP contribution in [0, 0.1) is 5.92 Å². The first-order valence-electron chi connectivity index (χ1n) is 6.99. The summed E-state index contributed by atoms with van der Waals surface area (Å²) in [5, 5.41) is 0. The van der Waals surface area contributed by atoms with E-state index in [-0.39, 0.29) is 0 Å². The molecule has 0 radical (unpaired) electrons. The lowest BCUT2D eigenvalue weighted by Crippen LogP contribution is -2.63. The maximum absolute atomic E-state index is 5.92. The molecule has 112 valence electrons. The molecular weight excluding hydrogens is 264 g/mol. The third-order valence-corrected chi connectivity index (χ3v) is 5.42. The van der Waals surface area contributed by atoms with Crippen LogP contribution >= 0.6 is 0 Å². The van der Waals surface area contributed by atoms with Crippen LogP contribution in [0.1, 0.15) is 32.6 Å². The molecule has 1 saturated heterocycles. The summed E-state index contributed by atoms with van der Waals surface area (Å²) in [6, 6.07) is 0. The van der Waals surface area contributed by atoms with Crippen molar-refractivity contribution in [3.8, 4) is 0 Å². The van der Waals surface area contributed by atoms with Gasteiger partial charge in [-0.2, -0.15) is 0 Å². The van der Waals surface area contributed by atoms with Crippen LogP contribution in [0.5, 0.6) is 0 Å². The summed E-state index contributed by atoms with van der Waals surface area (Å²) in [5.74, 6) is -0.796. The number of hydrogen-bond donors (Lipinski definition) is 0. The fourth-order valence-corrected chi connectivity index (χ4v) is 4.47. The van der Waals surface area contributed by atoms with Gasteiger partial charge in [-0.05, 0) is 31.6 Å². The number of ether oxygens (including phenoxy) is 4. The van der Waals surface area contributed by atoms with Crippen LogP contribution in [0.15, 0.2) is 0 Å². The SMILES string of the molecule is CCC(OC)(C1CCC2OC2C1)C(OC)(OC)O[SiH3]. The van der Waals surface area contributed by atoms with Gasteiger partial charge in [0, 0.05) is 21.3 Å². The van der Waals surface area contributed by atoms with E-state index in [4.69, 9.17) is 23.4 Å². The highest BCUT2D eigenvalue weighted by Crippen LogP contribution is 2.50. The zero-order valence-electron chi connectivity index (χ0n) is 12.6. The molecule has 0 bridgehead atoms. The second kappa shape index (κ2) is 5.79. The van der Waals surface area contributed by atoms with Crippen LogP contribution < -0.4 is 0 Å². The van der Waals surface area contributed by atoms with Crippen LogP contribution in [-0.2, 0) is 23.4 Å². The minimum atomic E-state index is -1.12. The van der Waals surface area contributed by atoms with E-state index in [1.807, 2.05) is 0 Å². The average Bonchev–Trinajstić information content (AvgIpc) is 3.24. The Morgan fingerprint density at radius 3 is 2.21 bits per heavy atom. The van der Waals surface area contributed by atoms with Crippen LogP contribution in [0.25, 0.3) is 0 Å². The van der Waals surface area contributed by atoms with E-state index < -0.39 is 11.6 Å². The van der Waals surface area contributed by atoms with E-state index in [1.54, 1.807) is 21.3 Å². The lowest BCUT2D eigenvalue weighted by Gasteiger charge is -2.50. The van der Waals surface area contributed by atoms with Crippen molar-refractivity contribution in [1.82, 2.24) is 0 Å². The molecule has 0 aromatic heterocycles.